The highest BCUT2D eigenvalue weighted by atomic mass is 15.1. The molecule has 1 aromatic heterocycles. The van der Waals surface area contributed by atoms with Crippen LogP contribution in [-0.2, 0) is 0 Å². The molecule has 1 heterocycles. The van der Waals surface area contributed by atoms with Crippen LogP contribution in [0.1, 0.15) is 71.6 Å². The van der Waals surface area contributed by atoms with E-state index in [2.05, 4.69) is 23.4 Å². The number of anilines is 3. The molecular weight excluding hydrogens is 310 g/mol. The van der Waals surface area contributed by atoms with Crippen molar-refractivity contribution >= 4 is 23.3 Å². The van der Waals surface area contributed by atoms with Gasteiger partial charge >= 0.3 is 0 Å². The van der Waals surface area contributed by atoms with Gasteiger partial charge in [0.1, 0.15) is 5.82 Å². The first-order valence-electron chi connectivity index (χ1n) is 9.69. The number of hydrogen-bond donors (Lipinski definition) is 3. The van der Waals surface area contributed by atoms with Crippen LogP contribution < -0.4 is 22.1 Å². The molecule has 0 saturated heterocycles. The van der Waals surface area contributed by atoms with Crippen LogP contribution in [0.25, 0.3) is 6.08 Å². The molecule has 0 unspecified atom stereocenters. The molecule has 0 spiro atoms. The summed E-state index contributed by atoms with van der Waals surface area (Å²) < 4.78 is 0. The fourth-order valence-corrected chi connectivity index (χ4v) is 2.49. The van der Waals surface area contributed by atoms with Crippen LogP contribution in [0.15, 0.2) is 6.58 Å². The van der Waals surface area contributed by atoms with Crippen molar-refractivity contribution in [1.29, 1.82) is 0 Å². The lowest BCUT2D eigenvalue weighted by Gasteiger charge is -2.29. The molecule has 0 fully saturated rings. The van der Waals surface area contributed by atoms with Gasteiger partial charge in [0.05, 0.1) is 11.4 Å². The maximum atomic E-state index is 6.20. The van der Waals surface area contributed by atoms with Crippen molar-refractivity contribution in [2.24, 2.45) is 5.73 Å². The van der Waals surface area contributed by atoms with Crippen molar-refractivity contribution in [2.45, 2.75) is 67.2 Å². The van der Waals surface area contributed by atoms with Crippen molar-refractivity contribution in [3.8, 4) is 0 Å². The summed E-state index contributed by atoms with van der Waals surface area (Å²) >= 11 is 0. The van der Waals surface area contributed by atoms with Crippen molar-refractivity contribution < 1.29 is 0 Å². The minimum absolute atomic E-state index is 0.390. The molecule has 0 amide bonds. The largest absolute Gasteiger partial charge is 0.394 e. The SMILES string of the molecule is C=Cc1c(C)nc(N)c(N)c1N(CCCN)CCCCC.CC.CC. The average molecular weight is 352 g/mol. The van der Waals surface area contributed by atoms with E-state index in [0.29, 0.717) is 18.1 Å². The molecule has 1 rings (SSSR count). The van der Waals surface area contributed by atoms with Gasteiger partial charge in [0.15, 0.2) is 0 Å². The van der Waals surface area contributed by atoms with Gasteiger partial charge in [-0.05, 0) is 26.3 Å². The zero-order valence-electron chi connectivity index (χ0n) is 17.4. The summed E-state index contributed by atoms with van der Waals surface area (Å²) in [6.07, 6.45) is 6.23. The number of pyridine rings is 1. The fourth-order valence-electron chi connectivity index (χ4n) is 2.49. The minimum atomic E-state index is 0.390. The summed E-state index contributed by atoms with van der Waals surface area (Å²) in [6.45, 7) is 18.5. The van der Waals surface area contributed by atoms with Crippen LogP contribution >= 0.6 is 0 Å². The Kier molecular flexibility index (Phi) is 16.1. The van der Waals surface area contributed by atoms with Crippen molar-refractivity contribution in [1.82, 2.24) is 4.98 Å². The van der Waals surface area contributed by atoms with Gasteiger partial charge in [-0.1, -0.05) is 60.1 Å². The first-order valence-corrected chi connectivity index (χ1v) is 9.69. The number of aryl methyl sites for hydroxylation is 1. The Balaban J connectivity index is 0. The van der Waals surface area contributed by atoms with Gasteiger partial charge in [0.25, 0.3) is 0 Å². The molecule has 0 bridgehead atoms. The number of hydrogen-bond acceptors (Lipinski definition) is 5. The third-order valence-electron chi connectivity index (χ3n) is 3.65. The van der Waals surface area contributed by atoms with Crippen LogP contribution in [0.4, 0.5) is 17.2 Å². The van der Waals surface area contributed by atoms with Gasteiger partial charge in [-0.15, -0.1) is 0 Å². The molecule has 0 saturated carbocycles. The lowest BCUT2D eigenvalue weighted by atomic mass is 10.1. The monoisotopic (exact) mass is 351 g/mol. The van der Waals surface area contributed by atoms with E-state index >= 15 is 0 Å². The zero-order chi connectivity index (χ0) is 19.8. The van der Waals surface area contributed by atoms with Gasteiger partial charge in [0, 0.05) is 24.3 Å². The van der Waals surface area contributed by atoms with Gasteiger partial charge in [-0.3, -0.25) is 0 Å². The Hall–Kier alpha value is -1.75. The zero-order valence-corrected chi connectivity index (χ0v) is 17.4. The third kappa shape index (κ3) is 8.25. The van der Waals surface area contributed by atoms with Crippen molar-refractivity contribution in [3.63, 3.8) is 0 Å². The molecule has 6 N–H and O–H groups in total. The van der Waals surface area contributed by atoms with E-state index in [1.165, 1.54) is 12.8 Å². The molecule has 0 atom stereocenters. The molecule has 0 aromatic carbocycles. The molecule has 0 aliphatic heterocycles. The Morgan fingerprint density at radius 1 is 1.04 bits per heavy atom. The van der Waals surface area contributed by atoms with Crippen LogP contribution in [0, 0.1) is 6.92 Å². The summed E-state index contributed by atoms with van der Waals surface area (Å²) in [5.74, 6) is 0.390. The van der Waals surface area contributed by atoms with Crippen molar-refractivity contribution in [2.75, 3.05) is 36.0 Å². The lowest BCUT2D eigenvalue weighted by Crippen LogP contribution is -2.29. The topological polar surface area (TPSA) is 94.2 Å². The quantitative estimate of drug-likeness (QED) is 0.565. The van der Waals surface area contributed by atoms with E-state index in [1.54, 1.807) is 0 Å². The molecule has 5 heteroatoms. The number of nitrogen functional groups attached to an aromatic ring is 2. The first kappa shape index (κ1) is 25.5. The maximum Gasteiger partial charge on any atom is 0.149 e. The standard InChI is InChI=1S/C16H29N5.2C2H6/c1-4-6-7-10-21(11-8-9-17)15-13(5-2)12(3)20-16(19)14(15)18;2*1-2/h5H,2,4,6-11,17-18H2,1,3H3,(H2,19,20);2*1-2H3. The second-order valence-corrected chi connectivity index (χ2v) is 5.30. The maximum absolute atomic E-state index is 6.20. The summed E-state index contributed by atoms with van der Waals surface area (Å²) in [5.41, 5.74) is 21.1. The molecule has 0 radical (unpaired) electrons. The highest BCUT2D eigenvalue weighted by molar-refractivity contribution is 5.85. The number of nitrogens with zero attached hydrogens (tertiary/aromatic N) is 2. The van der Waals surface area contributed by atoms with E-state index in [1.807, 2.05) is 40.7 Å². The smallest absolute Gasteiger partial charge is 0.149 e. The number of rotatable bonds is 9. The summed E-state index contributed by atoms with van der Waals surface area (Å²) in [5, 5.41) is 0. The second-order valence-electron chi connectivity index (χ2n) is 5.30. The van der Waals surface area contributed by atoms with Crippen molar-refractivity contribution in [3.05, 3.63) is 17.8 Å². The summed E-state index contributed by atoms with van der Waals surface area (Å²) in [4.78, 5) is 6.57. The van der Waals surface area contributed by atoms with E-state index in [0.717, 1.165) is 42.9 Å². The first-order chi connectivity index (χ1) is 12.1. The number of unbranched alkanes of at least 4 members (excludes halogenated alkanes) is 2. The van der Waals surface area contributed by atoms with E-state index in [-0.39, 0.29) is 0 Å². The summed E-state index contributed by atoms with van der Waals surface area (Å²) in [6, 6.07) is 0. The van der Waals surface area contributed by atoms with Crippen LogP contribution in [0.3, 0.4) is 0 Å². The Labute approximate surface area is 155 Å². The van der Waals surface area contributed by atoms with Crippen LogP contribution in [-0.4, -0.2) is 24.6 Å². The average Bonchev–Trinajstić information content (AvgIpc) is 2.64. The molecule has 25 heavy (non-hydrogen) atoms. The number of nitrogens with two attached hydrogens (primary N) is 3. The Morgan fingerprint density at radius 3 is 2.08 bits per heavy atom. The predicted molar refractivity (Wildman–Crippen MR) is 116 cm³/mol. The molecule has 5 nitrogen and oxygen atoms in total. The summed E-state index contributed by atoms with van der Waals surface area (Å²) in [7, 11) is 0. The van der Waals surface area contributed by atoms with E-state index < -0.39 is 0 Å². The lowest BCUT2D eigenvalue weighted by molar-refractivity contribution is 0.660. The Morgan fingerprint density at radius 2 is 1.60 bits per heavy atom. The molecule has 0 aliphatic rings. The normalized spacial score (nSPS) is 9.40. The molecular formula is C20H41N5. The Bertz CT molecular complexity index is 472. The predicted octanol–water partition coefficient (Wildman–Crippen LogP) is 4.60. The second kappa shape index (κ2) is 15.8. The van der Waals surface area contributed by atoms with Crippen LogP contribution in [0.2, 0.25) is 0 Å². The minimum Gasteiger partial charge on any atom is -0.394 e. The highest BCUT2D eigenvalue weighted by Gasteiger charge is 2.18. The molecule has 146 valence electrons. The highest BCUT2D eigenvalue weighted by Crippen LogP contribution is 2.34. The van der Waals surface area contributed by atoms with Gasteiger partial charge in [-0.25, -0.2) is 4.98 Å². The number of aromatic nitrogens is 1. The van der Waals surface area contributed by atoms with Gasteiger partial charge in [0.2, 0.25) is 0 Å². The third-order valence-corrected chi connectivity index (χ3v) is 3.65. The molecule has 1 aromatic rings. The van der Waals surface area contributed by atoms with Crippen LogP contribution in [0.5, 0.6) is 0 Å². The van der Waals surface area contributed by atoms with Gasteiger partial charge < -0.3 is 22.1 Å². The molecule has 0 aliphatic carbocycles. The van der Waals surface area contributed by atoms with Gasteiger partial charge in [-0.2, -0.15) is 0 Å². The van der Waals surface area contributed by atoms with E-state index in [4.69, 9.17) is 17.2 Å². The van der Waals surface area contributed by atoms with E-state index in [9.17, 15) is 0 Å². The fraction of sp³-hybridized carbons (Fsp3) is 0.650.